The first-order valence-electron chi connectivity index (χ1n) is 5.87. The monoisotopic (exact) mass is 311 g/mol. The molecule has 0 radical (unpaired) electrons. The highest BCUT2D eigenvalue weighted by molar-refractivity contribution is 7.89. The Hall–Kier alpha value is -1.56. The number of sulfonamides is 1. The van der Waals surface area contributed by atoms with Crippen LogP contribution in [0.4, 0.5) is 0 Å². The smallest absolute Gasteiger partial charge is 0.241 e. The molecule has 0 heterocycles. The Kier molecular flexibility index (Phi) is 4.32. The number of primary sulfonamides is 1. The van der Waals surface area contributed by atoms with Gasteiger partial charge in [0.15, 0.2) is 0 Å². The van der Waals surface area contributed by atoms with Gasteiger partial charge in [-0.05, 0) is 30.7 Å². The van der Waals surface area contributed by atoms with Crippen LogP contribution in [-0.2, 0) is 16.6 Å². The Morgan fingerprint density at radius 1 is 1.20 bits per heavy atom. The Morgan fingerprint density at radius 3 is 2.55 bits per heavy atom. The molecular weight excluding hydrogens is 298 g/mol. The van der Waals surface area contributed by atoms with Crippen LogP contribution < -0.4 is 9.88 Å². The van der Waals surface area contributed by atoms with Gasteiger partial charge in [-0.3, -0.25) is 0 Å². The van der Waals surface area contributed by atoms with Crippen LogP contribution in [0, 0.1) is 6.92 Å². The van der Waals surface area contributed by atoms with Gasteiger partial charge in [0.25, 0.3) is 0 Å². The SMILES string of the molecule is Cc1ccc(OCc2ccccc2Cl)c(S(N)(=O)=O)c1. The van der Waals surface area contributed by atoms with Crippen LogP contribution in [0.3, 0.4) is 0 Å². The van der Waals surface area contributed by atoms with Gasteiger partial charge in [0, 0.05) is 10.6 Å². The molecule has 0 saturated heterocycles. The average Bonchev–Trinajstić information content (AvgIpc) is 2.38. The second kappa shape index (κ2) is 5.83. The number of aryl methyl sites for hydroxylation is 1. The van der Waals surface area contributed by atoms with E-state index < -0.39 is 10.0 Å². The first-order valence-corrected chi connectivity index (χ1v) is 7.80. The Bertz CT molecular complexity index is 729. The summed E-state index contributed by atoms with van der Waals surface area (Å²) in [5.74, 6) is 0.220. The van der Waals surface area contributed by atoms with E-state index in [4.69, 9.17) is 21.5 Å². The van der Waals surface area contributed by atoms with Gasteiger partial charge in [0.1, 0.15) is 17.3 Å². The zero-order valence-corrected chi connectivity index (χ0v) is 12.4. The molecule has 4 nitrogen and oxygen atoms in total. The maximum Gasteiger partial charge on any atom is 0.241 e. The number of nitrogens with two attached hydrogens (primary N) is 1. The lowest BCUT2D eigenvalue weighted by molar-refractivity contribution is 0.298. The van der Waals surface area contributed by atoms with E-state index in [2.05, 4.69) is 0 Å². The van der Waals surface area contributed by atoms with Gasteiger partial charge < -0.3 is 4.74 Å². The van der Waals surface area contributed by atoms with E-state index in [1.54, 1.807) is 25.1 Å². The molecular formula is C14H14ClNO3S. The molecule has 0 saturated carbocycles. The molecule has 0 bridgehead atoms. The van der Waals surface area contributed by atoms with Gasteiger partial charge in [-0.2, -0.15) is 0 Å². The first kappa shape index (κ1) is 14.8. The topological polar surface area (TPSA) is 69.4 Å². The summed E-state index contributed by atoms with van der Waals surface area (Å²) in [4.78, 5) is -0.0236. The molecule has 0 unspecified atom stereocenters. The lowest BCUT2D eigenvalue weighted by Gasteiger charge is -2.11. The number of hydrogen-bond donors (Lipinski definition) is 1. The summed E-state index contributed by atoms with van der Waals surface area (Å²) in [5, 5.41) is 5.76. The number of rotatable bonds is 4. The summed E-state index contributed by atoms with van der Waals surface area (Å²) in [7, 11) is -3.83. The molecule has 0 spiro atoms. The minimum atomic E-state index is -3.83. The molecule has 0 aromatic heterocycles. The maximum absolute atomic E-state index is 11.6. The van der Waals surface area contributed by atoms with Crippen LogP contribution in [0.1, 0.15) is 11.1 Å². The molecule has 2 N–H and O–H groups in total. The van der Waals surface area contributed by atoms with E-state index >= 15 is 0 Å². The van der Waals surface area contributed by atoms with E-state index in [0.717, 1.165) is 11.1 Å². The van der Waals surface area contributed by atoms with Crippen molar-refractivity contribution in [3.8, 4) is 5.75 Å². The van der Waals surface area contributed by atoms with Crippen LogP contribution in [0.25, 0.3) is 0 Å². The Labute approximate surface area is 123 Å². The predicted molar refractivity (Wildman–Crippen MR) is 78.3 cm³/mol. The minimum Gasteiger partial charge on any atom is -0.487 e. The van der Waals surface area contributed by atoms with Crippen LogP contribution in [0.15, 0.2) is 47.4 Å². The zero-order valence-electron chi connectivity index (χ0n) is 10.8. The highest BCUT2D eigenvalue weighted by atomic mass is 35.5. The maximum atomic E-state index is 11.6. The largest absolute Gasteiger partial charge is 0.487 e. The van der Waals surface area contributed by atoms with Gasteiger partial charge in [-0.25, -0.2) is 13.6 Å². The van der Waals surface area contributed by atoms with Gasteiger partial charge >= 0.3 is 0 Å². The molecule has 20 heavy (non-hydrogen) atoms. The predicted octanol–water partition coefficient (Wildman–Crippen LogP) is 2.87. The van der Waals surface area contributed by atoms with Gasteiger partial charge in [0.05, 0.1) is 0 Å². The molecule has 2 aromatic rings. The van der Waals surface area contributed by atoms with Crippen molar-refractivity contribution in [1.29, 1.82) is 0 Å². The first-order chi connectivity index (χ1) is 9.38. The number of hydrogen-bond acceptors (Lipinski definition) is 3. The number of halogens is 1. The standard InChI is InChI=1S/C14H14ClNO3S/c1-10-6-7-13(14(8-10)20(16,17)18)19-9-11-4-2-3-5-12(11)15/h2-8H,9H2,1H3,(H2,16,17,18). The average molecular weight is 312 g/mol. The van der Waals surface area contributed by atoms with E-state index in [0.29, 0.717) is 5.02 Å². The van der Waals surface area contributed by atoms with Gasteiger partial charge in [-0.15, -0.1) is 0 Å². The molecule has 0 aliphatic heterocycles. The highest BCUT2D eigenvalue weighted by Gasteiger charge is 2.15. The van der Waals surface area contributed by atoms with Crippen molar-refractivity contribution >= 4 is 21.6 Å². The summed E-state index contributed by atoms with van der Waals surface area (Å²) >= 11 is 6.02. The van der Waals surface area contributed by atoms with E-state index in [1.807, 2.05) is 18.2 Å². The normalized spacial score (nSPS) is 11.3. The molecule has 0 fully saturated rings. The van der Waals surface area contributed by atoms with Gasteiger partial charge in [0.2, 0.25) is 10.0 Å². The third-order valence-corrected chi connectivity index (χ3v) is 4.05. The van der Waals surface area contributed by atoms with Crippen molar-refractivity contribution in [2.45, 2.75) is 18.4 Å². The van der Waals surface area contributed by atoms with Crippen molar-refractivity contribution in [2.24, 2.45) is 5.14 Å². The molecule has 0 aliphatic carbocycles. The van der Waals surface area contributed by atoms with E-state index in [9.17, 15) is 8.42 Å². The van der Waals surface area contributed by atoms with Crippen LogP contribution in [0.2, 0.25) is 5.02 Å². The van der Waals surface area contributed by atoms with Crippen LogP contribution >= 0.6 is 11.6 Å². The Balaban J connectivity index is 2.29. The molecule has 0 atom stereocenters. The minimum absolute atomic E-state index is 0.0236. The number of benzene rings is 2. The van der Waals surface area contributed by atoms with Gasteiger partial charge in [-0.1, -0.05) is 35.9 Å². The summed E-state index contributed by atoms with van der Waals surface area (Å²) in [6.45, 7) is 1.96. The zero-order chi connectivity index (χ0) is 14.8. The molecule has 106 valence electrons. The summed E-state index contributed by atoms with van der Waals surface area (Å²) in [6, 6.07) is 12.0. The van der Waals surface area contributed by atoms with Crippen molar-refractivity contribution in [1.82, 2.24) is 0 Å². The third-order valence-electron chi connectivity index (χ3n) is 2.75. The third kappa shape index (κ3) is 3.50. The fourth-order valence-corrected chi connectivity index (χ4v) is 2.68. The highest BCUT2D eigenvalue weighted by Crippen LogP contribution is 2.26. The second-order valence-corrected chi connectivity index (χ2v) is 6.31. The van der Waals surface area contributed by atoms with Crippen molar-refractivity contribution in [2.75, 3.05) is 0 Å². The molecule has 0 amide bonds. The molecule has 2 rings (SSSR count). The lowest BCUT2D eigenvalue weighted by atomic mass is 10.2. The van der Waals surface area contributed by atoms with E-state index in [-0.39, 0.29) is 17.3 Å². The molecule has 2 aromatic carbocycles. The van der Waals surface area contributed by atoms with Crippen molar-refractivity contribution in [3.63, 3.8) is 0 Å². The quantitative estimate of drug-likeness (QED) is 0.944. The Morgan fingerprint density at radius 2 is 1.90 bits per heavy atom. The lowest BCUT2D eigenvalue weighted by Crippen LogP contribution is -2.14. The van der Waals surface area contributed by atoms with Crippen LogP contribution in [-0.4, -0.2) is 8.42 Å². The van der Waals surface area contributed by atoms with Crippen molar-refractivity contribution < 1.29 is 13.2 Å². The van der Waals surface area contributed by atoms with Crippen molar-refractivity contribution in [3.05, 3.63) is 58.6 Å². The molecule has 0 aliphatic rings. The fraction of sp³-hybridized carbons (Fsp3) is 0.143. The number of ether oxygens (including phenoxy) is 1. The summed E-state index contributed by atoms with van der Waals surface area (Å²) in [6.07, 6.45) is 0. The fourth-order valence-electron chi connectivity index (χ4n) is 1.73. The summed E-state index contributed by atoms with van der Waals surface area (Å²) in [5.41, 5.74) is 1.56. The second-order valence-electron chi connectivity index (χ2n) is 4.38. The summed E-state index contributed by atoms with van der Waals surface area (Å²) < 4.78 is 28.7. The van der Waals surface area contributed by atoms with Crippen LogP contribution in [0.5, 0.6) is 5.75 Å². The molecule has 6 heteroatoms. The van der Waals surface area contributed by atoms with E-state index in [1.165, 1.54) is 6.07 Å².